The van der Waals surface area contributed by atoms with Gasteiger partial charge in [0.15, 0.2) is 0 Å². The van der Waals surface area contributed by atoms with E-state index in [2.05, 4.69) is 19.2 Å². The number of carbonyl (C=O) groups excluding carboxylic acids is 1. The fourth-order valence-corrected chi connectivity index (χ4v) is 4.64. The summed E-state index contributed by atoms with van der Waals surface area (Å²) >= 11 is 0. The molecular formula is C22H31NO4. The zero-order valence-corrected chi connectivity index (χ0v) is 16.7. The molecule has 1 aliphatic heterocycles. The van der Waals surface area contributed by atoms with Crippen molar-refractivity contribution < 1.29 is 19.4 Å². The highest BCUT2D eigenvalue weighted by molar-refractivity contribution is 5.87. The first-order chi connectivity index (χ1) is 12.7. The van der Waals surface area contributed by atoms with Crippen molar-refractivity contribution >= 4 is 11.9 Å². The lowest BCUT2D eigenvalue weighted by Crippen LogP contribution is -2.61. The average Bonchev–Trinajstić information content (AvgIpc) is 2.61. The molecule has 2 N–H and O–H groups in total. The van der Waals surface area contributed by atoms with Crippen LogP contribution >= 0.6 is 0 Å². The summed E-state index contributed by atoms with van der Waals surface area (Å²) in [5, 5.41) is 12.6. The van der Waals surface area contributed by atoms with E-state index >= 15 is 0 Å². The molecule has 1 heterocycles. The van der Waals surface area contributed by atoms with Gasteiger partial charge in [0.1, 0.15) is 0 Å². The molecule has 5 heteroatoms. The van der Waals surface area contributed by atoms with E-state index in [1.54, 1.807) is 18.2 Å². The zero-order chi connectivity index (χ0) is 19.8. The first kappa shape index (κ1) is 19.9. The van der Waals surface area contributed by atoms with Crippen molar-refractivity contribution in [1.29, 1.82) is 0 Å². The number of carboxylic acids is 1. The quantitative estimate of drug-likeness (QED) is 0.830. The molecule has 1 aromatic rings. The van der Waals surface area contributed by atoms with Gasteiger partial charge >= 0.3 is 5.97 Å². The molecule has 0 bridgehead atoms. The summed E-state index contributed by atoms with van der Waals surface area (Å²) in [6, 6.07) is 6.99. The molecule has 1 aliphatic carbocycles. The van der Waals surface area contributed by atoms with Gasteiger partial charge in [0, 0.05) is 23.8 Å². The lowest BCUT2D eigenvalue weighted by Gasteiger charge is -2.52. The lowest BCUT2D eigenvalue weighted by molar-refractivity contribution is -0.155. The van der Waals surface area contributed by atoms with Crippen LogP contribution in [0.2, 0.25) is 0 Å². The predicted molar refractivity (Wildman–Crippen MR) is 104 cm³/mol. The molecule has 0 unspecified atom stereocenters. The maximum absolute atomic E-state index is 12.5. The summed E-state index contributed by atoms with van der Waals surface area (Å²) in [6.45, 7) is 8.20. The second-order valence-electron chi connectivity index (χ2n) is 8.88. The monoisotopic (exact) mass is 373 g/mol. The van der Waals surface area contributed by atoms with Gasteiger partial charge in [-0.05, 0) is 43.4 Å². The van der Waals surface area contributed by atoms with Crippen LogP contribution in [0.25, 0.3) is 0 Å². The van der Waals surface area contributed by atoms with Crippen molar-refractivity contribution in [3.63, 3.8) is 0 Å². The minimum Gasteiger partial charge on any atom is -0.478 e. The Balaban J connectivity index is 1.91. The number of hydrogen-bond donors (Lipinski definition) is 2. The molecular weight excluding hydrogens is 342 g/mol. The van der Waals surface area contributed by atoms with Crippen LogP contribution in [0.5, 0.6) is 0 Å². The van der Waals surface area contributed by atoms with Crippen molar-refractivity contribution in [2.75, 3.05) is 0 Å². The van der Waals surface area contributed by atoms with Gasteiger partial charge in [0.2, 0.25) is 5.91 Å². The van der Waals surface area contributed by atoms with Gasteiger partial charge < -0.3 is 15.2 Å². The Morgan fingerprint density at radius 2 is 2.04 bits per heavy atom. The maximum Gasteiger partial charge on any atom is 0.335 e. The standard InChI is InChI=1S/C22H31NO4/c1-13(2)20(24)23-22(4)12-19(15-6-5-7-16(11-15)21(25)26)27-18-10-14(3)8-9-17(18)22/h5-7,11,13-14,17-19H,8-10,12H2,1-4H3,(H,23,24)(H,25,26)/t14-,17-,18-,19-,22+/m1/s1. The number of fused-ring (bicyclic) bond motifs is 1. The summed E-state index contributed by atoms with van der Waals surface area (Å²) in [4.78, 5) is 23.9. The summed E-state index contributed by atoms with van der Waals surface area (Å²) in [5.41, 5.74) is 0.786. The van der Waals surface area contributed by atoms with E-state index in [0.29, 0.717) is 12.3 Å². The number of ether oxygens (including phenoxy) is 1. The van der Waals surface area contributed by atoms with Crippen LogP contribution < -0.4 is 5.32 Å². The molecule has 5 nitrogen and oxygen atoms in total. The highest BCUT2D eigenvalue weighted by Gasteiger charge is 2.49. The first-order valence-electron chi connectivity index (χ1n) is 10.0. The normalized spacial score (nSPS) is 33.4. The highest BCUT2D eigenvalue weighted by Crippen LogP contribution is 2.48. The molecule has 0 radical (unpaired) electrons. The molecule has 2 aliphatic rings. The van der Waals surface area contributed by atoms with Crippen LogP contribution in [0.15, 0.2) is 24.3 Å². The van der Waals surface area contributed by atoms with Gasteiger partial charge in [0.25, 0.3) is 0 Å². The van der Waals surface area contributed by atoms with Crippen LogP contribution in [-0.2, 0) is 9.53 Å². The Hall–Kier alpha value is -1.88. The molecule has 0 spiro atoms. The Morgan fingerprint density at radius 1 is 1.30 bits per heavy atom. The summed E-state index contributed by atoms with van der Waals surface area (Å²) in [5.74, 6) is -0.0577. The smallest absolute Gasteiger partial charge is 0.335 e. The predicted octanol–water partition coefficient (Wildman–Crippen LogP) is 4.18. The van der Waals surface area contributed by atoms with E-state index in [1.165, 1.54) is 0 Å². The van der Waals surface area contributed by atoms with Gasteiger partial charge in [-0.1, -0.05) is 39.3 Å². The molecule has 27 heavy (non-hydrogen) atoms. The van der Waals surface area contributed by atoms with Gasteiger partial charge in [0.05, 0.1) is 17.8 Å². The fraction of sp³-hybridized carbons (Fsp3) is 0.636. The summed E-state index contributed by atoms with van der Waals surface area (Å²) in [7, 11) is 0. The molecule has 0 aromatic heterocycles. The number of rotatable bonds is 4. The minimum absolute atomic E-state index is 0.0646. The lowest BCUT2D eigenvalue weighted by atomic mass is 9.66. The fourth-order valence-electron chi connectivity index (χ4n) is 4.64. The van der Waals surface area contributed by atoms with E-state index in [9.17, 15) is 14.7 Å². The van der Waals surface area contributed by atoms with Gasteiger partial charge in [-0.3, -0.25) is 4.79 Å². The minimum atomic E-state index is -0.937. The van der Waals surface area contributed by atoms with E-state index < -0.39 is 5.97 Å². The van der Waals surface area contributed by atoms with Crippen molar-refractivity contribution in [1.82, 2.24) is 5.32 Å². The van der Waals surface area contributed by atoms with Crippen molar-refractivity contribution in [3.8, 4) is 0 Å². The van der Waals surface area contributed by atoms with E-state index in [4.69, 9.17) is 4.74 Å². The number of nitrogens with one attached hydrogen (secondary N) is 1. The highest BCUT2D eigenvalue weighted by atomic mass is 16.5. The Kier molecular flexibility index (Phi) is 5.61. The Labute approximate surface area is 161 Å². The second kappa shape index (κ2) is 7.63. The van der Waals surface area contributed by atoms with Crippen molar-refractivity contribution in [2.45, 2.75) is 71.1 Å². The molecule has 5 atom stereocenters. The number of benzene rings is 1. The number of carboxylic acid groups (broad SMARTS) is 1. The third-order valence-corrected chi connectivity index (χ3v) is 6.26. The number of amides is 1. The topological polar surface area (TPSA) is 75.6 Å². The Morgan fingerprint density at radius 3 is 2.70 bits per heavy atom. The zero-order valence-electron chi connectivity index (χ0n) is 16.7. The average molecular weight is 373 g/mol. The first-order valence-corrected chi connectivity index (χ1v) is 10.0. The molecule has 1 aromatic carbocycles. The van der Waals surface area contributed by atoms with Gasteiger partial charge in [-0.25, -0.2) is 4.79 Å². The third kappa shape index (κ3) is 4.18. The van der Waals surface area contributed by atoms with Crippen LogP contribution in [0.1, 0.15) is 75.4 Å². The molecule has 1 saturated heterocycles. The van der Waals surface area contributed by atoms with Crippen molar-refractivity contribution in [3.05, 3.63) is 35.4 Å². The molecule has 2 fully saturated rings. The SMILES string of the molecule is CC(C)C(=O)N[C@@]1(C)C[C@H](c2cccc(C(=O)O)c2)O[C@@H]2C[C@H](C)CC[C@H]21. The molecule has 1 amide bonds. The second-order valence-corrected chi connectivity index (χ2v) is 8.88. The summed E-state index contributed by atoms with van der Waals surface area (Å²) in [6.07, 6.45) is 3.70. The van der Waals surface area contributed by atoms with Crippen LogP contribution in [0.3, 0.4) is 0 Å². The molecule has 148 valence electrons. The Bertz CT molecular complexity index is 716. The molecule has 3 rings (SSSR count). The van der Waals surface area contributed by atoms with E-state index in [-0.39, 0.29) is 41.1 Å². The van der Waals surface area contributed by atoms with Gasteiger partial charge in [-0.2, -0.15) is 0 Å². The maximum atomic E-state index is 12.5. The largest absolute Gasteiger partial charge is 0.478 e. The van der Waals surface area contributed by atoms with Gasteiger partial charge in [-0.15, -0.1) is 0 Å². The van der Waals surface area contributed by atoms with E-state index in [0.717, 1.165) is 24.8 Å². The number of hydrogen-bond acceptors (Lipinski definition) is 3. The number of aromatic carboxylic acids is 1. The number of carbonyl (C=O) groups is 2. The van der Waals surface area contributed by atoms with Crippen molar-refractivity contribution in [2.24, 2.45) is 17.8 Å². The third-order valence-electron chi connectivity index (χ3n) is 6.26. The van der Waals surface area contributed by atoms with Crippen LogP contribution in [0.4, 0.5) is 0 Å². The summed E-state index contributed by atoms with van der Waals surface area (Å²) < 4.78 is 6.47. The van der Waals surface area contributed by atoms with Crippen LogP contribution in [0, 0.1) is 17.8 Å². The van der Waals surface area contributed by atoms with Crippen LogP contribution in [-0.4, -0.2) is 28.6 Å². The van der Waals surface area contributed by atoms with E-state index in [1.807, 2.05) is 19.9 Å². The molecule has 1 saturated carbocycles.